The Balaban J connectivity index is 2.01. The van der Waals surface area contributed by atoms with E-state index in [2.05, 4.69) is 4.98 Å². The molecule has 1 N–H and O–H groups in total. The highest BCUT2D eigenvalue weighted by Gasteiger charge is 2.14. The van der Waals surface area contributed by atoms with Gasteiger partial charge in [-0.3, -0.25) is 4.98 Å². The van der Waals surface area contributed by atoms with Crippen molar-refractivity contribution in [1.29, 1.82) is 0 Å². The molecule has 0 fully saturated rings. The largest absolute Gasteiger partial charge is 0.495 e. The maximum atomic E-state index is 10.0. The highest BCUT2D eigenvalue weighted by molar-refractivity contribution is 5.28. The summed E-state index contributed by atoms with van der Waals surface area (Å²) in [6.45, 7) is 0. The van der Waals surface area contributed by atoms with E-state index in [0.717, 1.165) is 5.76 Å². The summed E-state index contributed by atoms with van der Waals surface area (Å²) in [5, 5.41) is 10.0. The van der Waals surface area contributed by atoms with Gasteiger partial charge in [0.1, 0.15) is 23.3 Å². The summed E-state index contributed by atoms with van der Waals surface area (Å²) in [7, 11) is 1.57. The van der Waals surface area contributed by atoms with Crippen LogP contribution in [0.2, 0.25) is 0 Å². The minimum absolute atomic E-state index is 0.556. The van der Waals surface area contributed by atoms with Gasteiger partial charge in [0.2, 0.25) is 0 Å². The smallest absolute Gasteiger partial charge is 0.143 e. The second-order valence-electron chi connectivity index (χ2n) is 3.72. The van der Waals surface area contributed by atoms with Crippen LogP contribution in [0.25, 0.3) is 0 Å². The molecule has 0 amide bonds. The summed E-state index contributed by atoms with van der Waals surface area (Å²) < 4.78 is 10.4. The standard InChI is InChI=1S/C13H15NO3/c1-16-12-5-2-8-14-13(12)11(15)7-6-10-4-3-9-17-10/h2-5,8-9,11,15H,6-7H2,1H3. The normalized spacial score (nSPS) is 12.4. The van der Waals surface area contributed by atoms with E-state index >= 15 is 0 Å². The second-order valence-corrected chi connectivity index (χ2v) is 3.72. The van der Waals surface area contributed by atoms with Gasteiger partial charge in [0.25, 0.3) is 0 Å². The van der Waals surface area contributed by atoms with Gasteiger partial charge in [0, 0.05) is 12.6 Å². The Kier molecular flexibility index (Phi) is 3.77. The number of aromatic nitrogens is 1. The van der Waals surface area contributed by atoms with Gasteiger partial charge in [-0.2, -0.15) is 0 Å². The van der Waals surface area contributed by atoms with Crippen molar-refractivity contribution >= 4 is 0 Å². The second kappa shape index (κ2) is 5.50. The molecular weight excluding hydrogens is 218 g/mol. The number of aliphatic hydroxyl groups is 1. The van der Waals surface area contributed by atoms with E-state index in [-0.39, 0.29) is 0 Å². The molecule has 0 saturated heterocycles. The van der Waals surface area contributed by atoms with Crippen LogP contribution in [0.15, 0.2) is 41.1 Å². The molecule has 0 aromatic carbocycles. The molecule has 0 saturated carbocycles. The zero-order valence-corrected chi connectivity index (χ0v) is 9.67. The summed E-state index contributed by atoms with van der Waals surface area (Å²) in [5.74, 6) is 1.47. The van der Waals surface area contributed by atoms with E-state index in [1.54, 1.807) is 31.7 Å². The topological polar surface area (TPSA) is 55.5 Å². The van der Waals surface area contributed by atoms with E-state index in [0.29, 0.717) is 24.3 Å². The van der Waals surface area contributed by atoms with Crippen molar-refractivity contribution in [2.75, 3.05) is 7.11 Å². The van der Waals surface area contributed by atoms with Crippen molar-refractivity contribution in [2.45, 2.75) is 18.9 Å². The van der Waals surface area contributed by atoms with Gasteiger partial charge >= 0.3 is 0 Å². The van der Waals surface area contributed by atoms with Crippen LogP contribution < -0.4 is 4.74 Å². The van der Waals surface area contributed by atoms with Crippen molar-refractivity contribution in [1.82, 2.24) is 4.98 Å². The highest BCUT2D eigenvalue weighted by Crippen LogP contribution is 2.25. The summed E-state index contributed by atoms with van der Waals surface area (Å²) in [5.41, 5.74) is 0.571. The molecule has 0 radical (unpaired) electrons. The highest BCUT2D eigenvalue weighted by atomic mass is 16.5. The van der Waals surface area contributed by atoms with Gasteiger partial charge < -0.3 is 14.3 Å². The van der Waals surface area contributed by atoms with E-state index in [4.69, 9.17) is 9.15 Å². The first-order valence-electron chi connectivity index (χ1n) is 5.50. The zero-order valence-electron chi connectivity index (χ0n) is 9.67. The minimum atomic E-state index is -0.642. The van der Waals surface area contributed by atoms with Crippen LogP contribution in [-0.4, -0.2) is 17.2 Å². The number of nitrogens with zero attached hydrogens (tertiary/aromatic N) is 1. The van der Waals surface area contributed by atoms with Crippen LogP contribution in [-0.2, 0) is 6.42 Å². The van der Waals surface area contributed by atoms with E-state index in [9.17, 15) is 5.11 Å². The lowest BCUT2D eigenvalue weighted by molar-refractivity contribution is 0.156. The Labute approximate surface area is 99.9 Å². The van der Waals surface area contributed by atoms with Crippen LogP contribution in [0, 0.1) is 0 Å². The molecule has 2 aromatic rings. The first-order valence-corrected chi connectivity index (χ1v) is 5.50. The molecule has 0 bridgehead atoms. The lowest BCUT2D eigenvalue weighted by Gasteiger charge is -2.12. The number of furan rings is 1. The fraction of sp³-hybridized carbons (Fsp3) is 0.308. The summed E-state index contributed by atoms with van der Waals surface area (Å²) in [6.07, 6.45) is 3.86. The van der Waals surface area contributed by atoms with Crippen LogP contribution in [0.4, 0.5) is 0 Å². The third-order valence-corrected chi connectivity index (χ3v) is 2.58. The molecule has 90 valence electrons. The Bertz CT molecular complexity index is 453. The molecule has 1 unspecified atom stereocenters. The number of methoxy groups -OCH3 is 1. The van der Waals surface area contributed by atoms with E-state index < -0.39 is 6.10 Å². The van der Waals surface area contributed by atoms with Crippen molar-refractivity contribution < 1.29 is 14.3 Å². The summed E-state index contributed by atoms with van der Waals surface area (Å²) in [4.78, 5) is 4.14. The predicted molar refractivity (Wildman–Crippen MR) is 62.8 cm³/mol. The monoisotopic (exact) mass is 233 g/mol. The lowest BCUT2D eigenvalue weighted by Crippen LogP contribution is -2.04. The number of ether oxygens (including phenoxy) is 1. The Morgan fingerprint density at radius 2 is 2.29 bits per heavy atom. The fourth-order valence-corrected chi connectivity index (χ4v) is 1.70. The average Bonchev–Trinajstić information content (AvgIpc) is 2.89. The van der Waals surface area contributed by atoms with Crippen molar-refractivity contribution in [3.63, 3.8) is 0 Å². The maximum Gasteiger partial charge on any atom is 0.143 e. The molecule has 0 aliphatic carbocycles. The molecule has 4 nitrogen and oxygen atoms in total. The zero-order chi connectivity index (χ0) is 12.1. The maximum absolute atomic E-state index is 10.0. The number of hydrogen-bond acceptors (Lipinski definition) is 4. The molecule has 17 heavy (non-hydrogen) atoms. The van der Waals surface area contributed by atoms with Gasteiger partial charge in [-0.15, -0.1) is 0 Å². The average molecular weight is 233 g/mol. The molecule has 0 aliphatic rings. The van der Waals surface area contributed by atoms with Gasteiger partial charge in [-0.25, -0.2) is 0 Å². The van der Waals surface area contributed by atoms with E-state index in [1.165, 1.54) is 0 Å². The summed E-state index contributed by atoms with van der Waals surface area (Å²) >= 11 is 0. The third kappa shape index (κ3) is 2.85. The Morgan fingerprint density at radius 3 is 3.00 bits per heavy atom. The first-order chi connectivity index (χ1) is 8.31. The van der Waals surface area contributed by atoms with Crippen molar-refractivity contribution in [3.8, 4) is 5.75 Å². The Morgan fingerprint density at radius 1 is 1.41 bits per heavy atom. The number of pyridine rings is 1. The van der Waals surface area contributed by atoms with Crippen molar-refractivity contribution in [3.05, 3.63) is 48.2 Å². The van der Waals surface area contributed by atoms with Gasteiger partial charge in [-0.05, 0) is 30.7 Å². The molecule has 1 atom stereocenters. The van der Waals surface area contributed by atoms with E-state index in [1.807, 2.05) is 12.1 Å². The van der Waals surface area contributed by atoms with Gasteiger partial charge in [0.15, 0.2) is 0 Å². The molecule has 2 rings (SSSR count). The number of aryl methyl sites for hydroxylation is 1. The van der Waals surface area contributed by atoms with Gasteiger partial charge in [0.05, 0.1) is 13.4 Å². The summed E-state index contributed by atoms with van der Waals surface area (Å²) in [6, 6.07) is 7.30. The van der Waals surface area contributed by atoms with Crippen LogP contribution in [0.1, 0.15) is 24.0 Å². The molecular formula is C13H15NO3. The molecule has 2 heterocycles. The molecule has 2 aromatic heterocycles. The minimum Gasteiger partial charge on any atom is -0.495 e. The molecule has 0 spiro atoms. The van der Waals surface area contributed by atoms with Crippen LogP contribution in [0.5, 0.6) is 5.75 Å². The van der Waals surface area contributed by atoms with Gasteiger partial charge in [-0.1, -0.05) is 0 Å². The number of rotatable bonds is 5. The van der Waals surface area contributed by atoms with Crippen LogP contribution in [0.3, 0.4) is 0 Å². The first kappa shape index (κ1) is 11.7. The quantitative estimate of drug-likeness (QED) is 0.861. The molecule has 0 aliphatic heterocycles. The molecule has 4 heteroatoms. The SMILES string of the molecule is COc1cccnc1C(O)CCc1ccco1. The third-order valence-electron chi connectivity index (χ3n) is 2.58. The predicted octanol–water partition coefficient (Wildman–Crippen LogP) is 2.35. The van der Waals surface area contributed by atoms with Crippen molar-refractivity contribution in [2.24, 2.45) is 0 Å². The lowest BCUT2D eigenvalue weighted by atomic mass is 10.1. The Hall–Kier alpha value is -1.81. The fourth-order valence-electron chi connectivity index (χ4n) is 1.70. The number of aliphatic hydroxyl groups excluding tert-OH is 1. The van der Waals surface area contributed by atoms with Crippen LogP contribution >= 0.6 is 0 Å². The number of hydrogen-bond donors (Lipinski definition) is 1.